The first-order valence-electron chi connectivity index (χ1n) is 9.22. The Morgan fingerprint density at radius 2 is 1.82 bits per heavy atom. The van der Waals surface area contributed by atoms with E-state index in [1.54, 1.807) is 10.9 Å². The van der Waals surface area contributed by atoms with Crippen molar-refractivity contribution >= 4 is 17.0 Å². The number of nitrogens with one attached hydrogen (secondary N) is 2. The lowest BCUT2D eigenvalue weighted by atomic mass is 10.0. The van der Waals surface area contributed by atoms with Crippen molar-refractivity contribution in [3.63, 3.8) is 0 Å². The predicted octanol–water partition coefficient (Wildman–Crippen LogP) is 4.23. The first-order valence-corrected chi connectivity index (χ1v) is 9.22. The molecule has 2 aromatic heterocycles. The highest BCUT2D eigenvalue weighted by atomic mass is 16.1. The second kappa shape index (κ2) is 7.92. The van der Waals surface area contributed by atoms with E-state index in [1.165, 1.54) is 0 Å². The summed E-state index contributed by atoms with van der Waals surface area (Å²) in [6.07, 6.45) is 5.12. The first-order chi connectivity index (χ1) is 13.8. The number of benzene rings is 2. The Balaban J connectivity index is 1.73. The minimum atomic E-state index is -0.217. The molecule has 1 unspecified atom stereocenters. The van der Waals surface area contributed by atoms with Crippen molar-refractivity contribution < 1.29 is 0 Å². The van der Waals surface area contributed by atoms with Gasteiger partial charge in [-0.2, -0.15) is 10.1 Å². The van der Waals surface area contributed by atoms with E-state index in [0.29, 0.717) is 17.0 Å². The molecule has 2 heterocycles. The number of aromatic nitrogens is 4. The van der Waals surface area contributed by atoms with Gasteiger partial charge in [-0.3, -0.25) is 9.78 Å². The quantitative estimate of drug-likeness (QED) is 0.477. The summed E-state index contributed by atoms with van der Waals surface area (Å²) in [5.74, 6) is 0.424. The van der Waals surface area contributed by atoms with Crippen LogP contribution in [0, 0.1) is 0 Å². The van der Waals surface area contributed by atoms with E-state index in [-0.39, 0.29) is 11.6 Å². The molecule has 4 aromatic rings. The molecule has 0 radical (unpaired) electrons. The van der Waals surface area contributed by atoms with Gasteiger partial charge in [0, 0.05) is 0 Å². The topological polar surface area (TPSA) is 75.6 Å². The van der Waals surface area contributed by atoms with Crippen molar-refractivity contribution in [2.45, 2.75) is 18.9 Å². The summed E-state index contributed by atoms with van der Waals surface area (Å²) in [5.41, 5.74) is 2.29. The number of H-pyrrole nitrogens is 1. The Labute approximate surface area is 162 Å². The van der Waals surface area contributed by atoms with Crippen LogP contribution in [0.2, 0.25) is 0 Å². The molecule has 0 saturated carbocycles. The Kier molecular flexibility index (Phi) is 5.01. The van der Waals surface area contributed by atoms with E-state index in [1.807, 2.05) is 54.6 Å². The van der Waals surface area contributed by atoms with Crippen LogP contribution >= 0.6 is 0 Å². The summed E-state index contributed by atoms with van der Waals surface area (Å²) in [6.45, 7) is 3.81. The van der Waals surface area contributed by atoms with Crippen LogP contribution in [0.15, 0.2) is 84.3 Å². The van der Waals surface area contributed by atoms with Crippen LogP contribution in [-0.4, -0.2) is 19.7 Å². The van der Waals surface area contributed by atoms with Gasteiger partial charge in [0.1, 0.15) is 5.39 Å². The molecular formula is C22H21N5O. The molecule has 0 saturated heterocycles. The van der Waals surface area contributed by atoms with Gasteiger partial charge < -0.3 is 5.32 Å². The Morgan fingerprint density at radius 1 is 1.11 bits per heavy atom. The van der Waals surface area contributed by atoms with Crippen LogP contribution in [-0.2, 0) is 0 Å². The number of rotatable bonds is 7. The van der Waals surface area contributed by atoms with Gasteiger partial charge in [-0.1, -0.05) is 54.6 Å². The van der Waals surface area contributed by atoms with Crippen molar-refractivity contribution in [1.82, 2.24) is 19.7 Å². The molecule has 0 spiro atoms. The van der Waals surface area contributed by atoms with Crippen molar-refractivity contribution in [2.24, 2.45) is 0 Å². The zero-order valence-corrected chi connectivity index (χ0v) is 15.4. The largest absolute Gasteiger partial charge is 0.349 e. The van der Waals surface area contributed by atoms with Gasteiger partial charge in [-0.05, 0) is 30.5 Å². The number of fused-ring (bicyclic) bond motifs is 1. The highest BCUT2D eigenvalue weighted by Crippen LogP contribution is 2.23. The molecular weight excluding hydrogens is 350 g/mol. The molecule has 2 N–H and O–H groups in total. The molecule has 0 aliphatic heterocycles. The maximum atomic E-state index is 12.6. The van der Waals surface area contributed by atoms with Crippen LogP contribution in [0.4, 0.5) is 5.95 Å². The van der Waals surface area contributed by atoms with Crippen LogP contribution in [0.5, 0.6) is 0 Å². The van der Waals surface area contributed by atoms with E-state index < -0.39 is 0 Å². The molecule has 0 aliphatic carbocycles. The molecule has 28 heavy (non-hydrogen) atoms. The molecule has 140 valence electrons. The third-order valence-electron chi connectivity index (χ3n) is 4.61. The van der Waals surface area contributed by atoms with Gasteiger partial charge in [0.25, 0.3) is 5.56 Å². The SMILES string of the molecule is C=CCCC(Nc1nc2c(cnn2-c2ccccc2)c(=O)[nH]1)c1ccccc1. The number of allylic oxidation sites excluding steroid dienone is 1. The van der Waals surface area contributed by atoms with E-state index in [4.69, 9.17) is 0 Å². The van der Waals surface area contributed by atoms with Crippen molar-refractivity contribution in [3.05, 3.63) is 95.4 Å². The molecule has 6 heteroatoms. The lowest BCUT2D eigenvalue weighted by molar-refractivity contribution is 0.697. The fourth-order valence-corrected chi connectivity index (χ4v) is 3.20. The fourth-order valence-electron chi connectivity index (χ4n) is 3.20. The minimum Gasteiger partial charge on any atom is -0.349 e. The molecule has 0 aliphatic rings. The van der Waals surface area contributed by atoms with Crippen molar-refractivity contribution in [2.75, 3.05) is 5.32 Å². The lowest BCUT2D eigenvalue weighted by Gasteiger charge is -2.19. The highest BCUT2D eigenvalue weighted by molar-refractivity contribution is 5.76. The zero-order chi connectivity index (χ0) is 19.3. The maximum Gasteiger partial charge on any atom is 0.263 e. The van der Waals surface area contributed by atoms with Crippen molar-refractivity contribution in [1.29, 1.82) is 0 Å². The summed E-state index contributed by atoms with van der Waals surface area (Å²) >= 11 is 0. The maximum absolute atomic E-state index is 12.6. The highest BCUT2D eigenvalue weighted by Gasteiger charge is 2.15. The monoisotopic (exact) mass is 371 g/mol. The van der Waals surface area contributed by atoms with Gasteiger partial charge in [0.05, 0.1) is 17.9 Å². The Hall–Kier alpha value is -3.67. The number of aromatic amines is 1. The van der Waals surface area contributed by atoms with Crippen LogP contribution in [0.1, 0.15) is 24.4 Å². The normalized spacial score (nSPS) is 12.0. The Morgan fingerprint density at radius 3 is 2.54 bits per heavy atom. The second-order valence-electron chi connectivity index (χ2n) is 6.52. The van der Waals surface area contributed by atoms with E-state index >= 15 is 0 Å². The number of hydrogen-bond acceptors (Lipinski definition) is 4. The third-order valence-corrected chi connectivity index (χ3v) is 4.61. The summed E-state index contributed by atoms with van der Waals surface area (Å²) in [7, 11) is 0. The van der Waals surface area contributed by atoms with Crippen LogP contribution < -0.4 is 10.9 Å². The minimum absolute atomic E-state index is 0.00731. The second-order valence-corrected chi connectivity index (χ2v) is 6.52. The van der Waals surface area contributed by atoms with E-state index in [2.05, 4.69) is 39.1 Å². The molecule has 2 aromatic carbocycles. The van der Waals surface area contributed by atoms with E-state index in [0.717, 1.165) is 24.1 Å². The van der Waals surface area contributed by atoms with Crippen molar-refractivity contribution in [3.8, 4) is 5.69 Å². The molecule has 4 rings (SSSR count). The van der Waals surface area contributed by atoms with Gasteiger partial charge in [-0.15, -0.1) is 6.58 Å². The number of anilines is 1. The molecule has 1 atom stereocenters. The van der Waals surface area contributed by atoms with Crippen LogP contribution in [0.3, 0.4) is 0 Å². The first kappa shape index (κ1) is 17.7. The summed E-state index contributed by atoms with van der Waals surface area (Å²) < 4.78 is 1.68. The standard InChI is InChI=1S/C22H21N5O/c1-2-3-14-19(16-10-6-4-7-11-16)24-22-25-20-18(21(28)26-22)15-23-27(20)17-12-8-5-9-13-17/h2,4-13,15,19H,1,3,14H2,(H2,24,25,26,28). The Bertz CT molecular complexity index is 1130. The average Bonchev–Trinajstić information content (AvgIpc) is 3.17. The summed E-state index contributed by atoms with van der Waals surface area (Å²) in [4.78, 5) is 20.1. The summed E-state index contributed by atoms with van der Waals surface area (Å²) in [6, 6.07) is 19.8. The molecule has 0 bridgehead atoms. The molecule has 0 amide bonds. The number of nitrogens with zero attached hydrogens (tertiary/aromatic N) is 3. The predicted molar refractivity (Wildman–Crippen MR) is 112 cm³/mol. The third kappa shape index (κ3) is 3.57. The number of hydrogen-bond donors (Lipinski definition) is 2. The number of para-hydroxylation sites is 1. The van der Waals surface area contributed by atoms with E-state index in [9.17, 15) is 4.79 Å². The van der Waals surface area contributed by atoms with Crippen LogP contribution in [0.25, 0.3) is 16.7 Å². The van der Waals surface area contributed by atoms with Gasteiger partial charge in [0.2, 0.25) is 5.95 Å². The summed E-state index contributed by atoms with van der Waals surface area (Å²) in [5, 5.41) is 8.18. The molecule has 0 fully saturated rings. The molecule has 6 nitrogen and oxygen atoms in total. The lowest BCUT2D eigenvalue weighted by Crippen LogP contribution is -2.17. The van der Waals surface area contributed by atoms with Gasteiger partial charge >= 0.3 is 0 Å². The fraction of sp³-hybridized carbons (Fsp3) is 0.136. The average molecular weight is 371 g/mol. The smallest absolute Gasteiger partial charge is 0.263 e. The van der Waals surface area contributed by atoms with Gasteiger partial charge in [-0.25, -0.2) is 4.68 Å². The van der Waals surface area contributed by atoms with Gasteiger partial charge in [0.15, 0.2) is 5.65 Å². The zero-order valence-electron chi connectivity index (χ0n) is 15.4.